The molecule has 0 bridgehead atoms. The highest BCUT2D eigenvalue weighted by Gasteiger charge is 2.34. The number of alkyl halides is 3. The minimum atomic E-state index is -4.64. The van der Waals surface area contributed by atoms with Gasteiger partial charge in [0.1, 0.15) is 0 Å². The first-order valence-electron chi connectivity index (χ1n) is 7.22. The summed E-state index contributed by atoms with van der Waals surface area (Å²) >= 11 is 11.5. The summed E-state index contributed by atoms with van der Waals surface area (Å²) in [5.74, 6) is -1.77. The highest BCUT2D eigenvalue weighted by atomic mass is 35.5. The molecule has 0 aliphatic rings. The van der Waals surface area contributed by atoms with Crippen LogP contribution in [0.2, 0.25) is 10.0 Å². The molecule has 2 aromatic carbocycles. The molecule has 0 fully saturated rings. The zero-order valence-electron chi connectivity index (χ0n) is 13.2. The molecule has 0 radical (unpaired) electrons. The van der Waals surface area contributed by atoms with Crippen LogP contribution in [0, 0.1) is 0 Å². The van der Waals surface area contributed by atoms with Crippen LogP contribution in [0.4, 0.5) is 18.9 Å². The number of nitrogens with one attached hydrogen (secondary N) is 1. The zero-order valence-corrected chi connectivity index (χ0v) is 14.7. The number of benzene rings is 2. The Labute approximate surface area is 156 Å². The summed E-state index contributed by atoms with van der Waals surface area (Å²) in [5.41, 5.74) is -1.38. The van der Waals surface area contributed by atoms with Crippen LogP contribution in [0.25, 0.3) is 0 Å². The molecule has 0 saturated carbocycles. The van der Waals surface area contributed by atoms with Gasteiger partial charge in [-0.3, -0.25) is 4.79 Å². The SMILES string of the molecule is CC(OC(=O)c1ccc(Cl)c(Cl)c1)C(=O)Nc1ccccc1C(F)(F)F. The maximum absolute atomic E-state index is 12.9. The summed E-state index contributed by atoms with van der Waals surface area (Å²) in [5, 5.41) is 2.47. The molecule has 138 valence electrons. The van der Waals surface area contributed by atoms with Crippen LogP contribution in [-0.2, 0) is 15.7 Å². The van der Waals surface area contributed by atoms with Crippen LogP contribution in [0.3, 0.4) is 0 Å². The second-order valence-corrected chi connectivity index (χ2v) is 6.02. The molecule has 0 heterocycles. The van der Waals surface area contributed by atoms with Gasteiger partial charge in [-0.15, -0.1) is 0 Å². The average Bonchev–Trinajstić information content (AvgIpc) is 2.56. The predicted molar refractivity (Wildman–Crippen MR) is 91.4 cm³/mol. The van der Waals surface area contributed by atoms with Crippen LogP contribution in [0.1, 0.15) is 22.8 Å². The van der Waals surface area contributed by atoms with E-state index in [1.807, 2.05) is 0 Å². The topological polar surface area (TPSA) is 55.4 Å². The third kappa shape index (κ3) is 4.89. The minimum absolute atomic E-state index is 0.0507. The van der Waals surface area contributed by atoms with E-state index in [1.165, 1.54) is 37.3 Å². The van der Waals surface area contributed by atoms with Crippen molar-refractivity contribution in [1.29, 1.82) is 0 Å². The summed E-state index contributed by atoms with van der Waals surface area (Å²) in [6, 6.07) is 8.47. The fourth-order valence-corrected chi connectivity index (χ4v) is 2.28. The molecule has 0 aromatic heterocycles. The molecule has 1 atom stereocenters. The smallest absolute Gasteiger partial charge is 0.418 e. The van der Waals surface area contributed by atoms with Crippen molar-refractivity contribution >= 4 is 40.8 Å². The standard InChI is InChI=1S/C17H12Cl2F3NO3/c1-9(26-16(25)10-6-7-12(18)13(19)8-10)15(24)23-14-5-3-2-4-11(14)17(20,21)22/h2-9H,1H3,(H,23,24). The van der Waals surface area contributed by atoms with E-state index in [0.717, 1.165) is 12.1 Å². The molecule has 0 aliphatic carbocycles. The van der Waals surface area contributed by atoms with Crippen LogP contribution < -0.4 is 5.32 Å². The van der Waals surface area contributed by atoms with Crippen LogP contribution >= 0.6 is 23.2 Å². The maximum Gasteiger partial charge on any atom is 0.418 e. The summed E-state index contributed by atoms with van der Waals surface area (Å²) < 4.78 is 43.8. The summed E-state index contributed by atoms with van der Waals surface area (Å²) in [4.78, 5) is 24.1. The minimum Gasteiger partial charge on any atom is -0.449 e. The fraction of sp³-hybridized carbons (Fsp3) is 0.176. The van der Waals surface area contributed by atoms with Gasteiger partial charge in [-0.1, -0.05) is 35.3 Å². The number of esters is 1. The lowest BCUT2D eigenvalue weighted by Crippen LogP contribution is -2.30. The molecule has 2 aromatic rings. The van der Waals surface area contributed by atoms with Gasteiger partial charge in [0, 0.05) is 0 Å². The highest BCUT2D eigenvalue weighted by molar-refractivity contribution is 6.42. The quantitative estimate of drug-likeness (QED) is 0.711. The molecule has 2 rings (SSSR count). The lowest BCUT2D eigenvalue weighted by Gasteiger charge is -2.17. The summed E-state index contributed by atoms with van der Waals surface area (Å²) in [7, 11) is 0. The molecule has 4 nitrogen and oxygen atoms in total. The monoisotopic (exact) mass is 405 g/mol. The van der Waals surface area contributed by atoms with E-state index in [4.69, 9.17) is 27.9 Å². The molecular weight excluding hydrogens is 394 g/mol. The van der Waals surface area contributed by atoms with Gasteiger partial charge in [-0.2, -0.15) is 13.2 Å². The Morgan fingerprint density at radius 3 is 2.35 bits per heavy atom. The van der Waals surface area contributed by atoms with Gasteiger partial charge in [0.05, 0.1) is 26.9 Å². The summed E-state index contributed by atoms with van der Waals surface area (Å²) in [6.45, 7) is 1.24. The maximum atomic E-state index is 12.9. The van der Waals surface area contributed by atoms with Crippen LogP contribution in [0.15, 0.2) is 42.5 Å². The Bertz CT molecular complexity index is 840. The van der Waals surface area contributed by atoms with Crippen molar-refractivity contribution in [2.24, 2.45) is 0 Å². The van der Waals surface area contributed by atoms with E-state index in [2.05, 4.69) is 5.32 Å². The van der Waals surface area contributed by atoms with Gasteiger partial charge in [0.15, 0.2) is 6.10 Å². The number of para-hydroxylation sites is 1. The van der Waals surface area contributed by atoms with Gasteiger partial charge in [-0.05, 0) is 37.3 Å². The Balaban J connectivity index is 2.09. The second-order valence-electron chi connectivity index (χ2n) is 5.21. The predicted octanol–water partition coefficient (Wildman–Crippen LogP) is 5.20. The number of hydrogen-bond acceptors (Lipinski definition) is 3. The van der Waals surface area contributed by atoms with E-state index in [-0.39, 0.29) is 15.6 Å². The number of carbonyl (C=O) groups is 2. The number of carbonyl (C=O) groups excluding carboxylic acids is 2. The Morgan fingerprint density at radius 1 is 1.08 bits per heavy atom. The first-order valence-corrected chi connectivity index (χ1v) is 7.98. The highest BCUT2D eigenvalue weighted by Crippen LogP contribution is 2.34. The average molecular weight is 406 g/mol. The lowest BCUT2D eigenvalue weighted by molar-refractivity contribution is -0.137. The number of rotatable bonds is 4. The number of amides is 1. The van der Waals surface area contributed by atoms with E-state index in [0.29, 0.717) is 0 Å². The van der Waals surface area contributed by atoms with Crippen molar-refractivity contribution in [2.75, 3.05) is 5.32 Å². The Kier molecular flexibility index (Phi) is 6.15. The van der Waals surface area contributed by atoms with Gasteiger partial charge in [0.2, 0.25) is 0 Å². The molecule has 1 N–H and O–H groups in total. The Hall–Kier alpha value is -2.25. The van der Waals surface area contributed by atoms with Crippen LogP contribution in [-0.4, -0.2) is 18.0 Å². The Morgan fingerprint density at radius 2 is 1.73 bits per heavy atom. The first kappa shape index (κ1) is 20.1. The number of hydrogen-bond donors (Lipinski definition) is 1. The van der Waals surface area contributed by atoms with E-state index in [1.54, 1.807) is 0 Å². The van der Waals surface area contributed by atoms with Crippen molar-refractivity contribution in [3.8, 4) is 0 Å². The third-order valence-corrected chi connectivity index (χ3v) is 4.04. The van der Waals surface area contributed by atoms with Gasteiger partial charge < -0.3 is 10.1 Å². The van der Waals surface area contributed by atoms with Crippen molar-refractivity contribution in [2.45, 2.75) is 19.2 Å². The number of anilines is 1. The lowest BCUT2D eigenvalue weighted by atomic mass is 10.1. The molecule has 0 spiro atoms. The molecule has 1 unspecified atom stereocenters. The first-order chi connectivity index (χ1) is 12.1. The van der Waals surface area contributed by atoms with Gasteiger partial charge in [0.25, 0.3) is 5.91 Å². The summed E-state index contributed by atoms with van der Waals surface area (Å²) in [6.07, 6.45) is -5.97. The van der Waals surface area contributed by atoms with Gasteiger partial charge >= 0.3 is 12.1 Å². The fourth-order valence-electron chi connectivity index (χ4n) is 1.98. The molecule has 0 saturated heterocycles. The molecular formula is C17H12Cl2F3NO3. The van der Waals surface area contributed by atoms with E-state index in [9.17, 15) is 22.8 Å². The number of halogens is 5. The van der Waals surface area contributed by atoms with Crippen molar-refractivity contribution < 1.29 is 27.5 Å². The molecule has 1 amide bonds. The second kappa shape index (κ2) is 7.97. The largest absolute Gasteiger partial charge is 0.449 e. The molecule has 0 aliphatic heterocycles. The van der Waals surface area contributed by atoms with E-state index < -0.39 is 35.4 Å². The van der Waals surface area contributed by atoms with Gasteiger partial charge in [-0.25, -0.2) is 4.79 Å². The zero-order chi connectivity index (χ0) is 19.5. The van der Waals surface area contributed by atoms with E-state index >= 15 is 0 Å². The van der Waals surface area contributed by atoms with Crippen molar-refractivity contribution in [3.05, 3.63) is 63.6 Å². The third-order valence-electron chi connectivity index (χ3n) is 3.30. The van der Waals surface area contributed by atoms with Crippen LogP contribution in [0.5, 0.6) is 0 Å². The van der Waals surface area contributed by atoms with Crippen molar-refractivity contribution in [3.63, 3.8) is 0 Å². The molecule has 26 heavy (non-hydrogen) atoms. The molecule has 9 heteroatoms. The normalized spacial score (nSPS) is 12.4. The number of ether oxygens (including phenoxy) is 1. The van der Waals surface area contributed by atoms with Crippen molar-refractivity contribution in [1.82, 2.24) is 0 Å².